The summed E-state index contributed by atoms with van der Waals surface area (Å²) in [6.07, 6.45) is 1.89. The van der Waals surface area contributed by atoms with Crippen molar-refractivity contribution in [3.05, 3.63) is 29.8 Å². The average Bonchev–Trinajstić information content (AvgIpc) is 2.44. The number of anilines is 1. The largest absolute Gasteiger partial charge is 0.356 e. The molecule has 2 N–H and O–H groups in total. The molecule has 0 bridgehead atoms. The van der Waals surface area contributed by atoms with Gasteiger partial charge in [-0.05, 0) is 37.3 Å². The molecule has 0 aliphatic rings. The number of amides is 1. The van der Waals surface area contributed by atoms with Gasteiger partial charge < -0.3 is 5.32 Å². The van der Waals surface area contributed by atoms with Gasteiger partial charge in [0.05, 0.1) is 11.7 Å². The van der Waals surface area contributed by atoms with Crippen molar-refractivity contribution in [1.29, 1.82) is 0 Å². The first-order chi connectivity index (χ1) is 11.0. The maximum absolute atomic E-state index is 12.2. The van der Waals surface area contributed by atoms with E-state index in [-0.39, 0.29) is 17.1 Å². The summed E-state index contributed by atoms with van der Waals surface area (Å²) in [6, 6.07) is 7.10. The summed E-state index contributed by atoms with van der Waals surface area (Å²) in [5.41, 5.74) is 1.80. The van der Waals surface area contributed by atoms with Gasteiger partial charge in [-0.3, -0.25) is 9.52 Å². The van der Waals surface area contributed by atoms with E-state index in [9.17, 15) is 13.2 Å². The molecule has 1 amide bonds. The molecule has 0 radical (unpaired) electrons. The molecule has 0 aliphatic heterocycles. The Labute approximate surface area is 146 Å². The quantitative estimate of drug-likeness (QED) is 0.703. The molecule has 0 spiro atoms. The number of carbonyl (C=O) groups is 1. The molecule has 0 saturated heterocycles. The number of carbonyl (C=O) groups excluding carboxylic acids is 1. The van der Waals surface area contributed by atoms with E-state index in [1.54, 1.807) is 19.1 Å². The minimum Gasteiger partial charge on any atom is -0.356 e. The second-order valence-electron chi connectivity index (χ2n) is 7.61. The summed E-state index contributed by atoms with van der Waals surface area (Å²) < 4.78 is 26.9. The lowest BCUT2D eigenvalue weighted by Crippen LogP contribution is -2.35. The summed E-state index contributed by atoms with van der Waals surface area (Å²) >= 11 is 0. The molecular formula is C18H30N2O3S. The first-order valence-electron chi connectivity index (χ1n) is 8.33. The highest BCUT2D eigenvalue weighted by molar-refractivity contribution is 7.92. The number of nitrogens with one attached hydrogen (secondary N) is 2. The summed E-state index contributed by atoms with van der Waals surface area (Å²) in [4.78, 5) is 12.0. The van der Waals surface area contributed by atoms with Crippen LogP contribution in [0.5, 0.6) is 0 Å². The third-order valence-corrected chi connectivity index (χ3v) is 5.13. The Balaban J connectivity index is 2.45. The molecule has 5 nitrogen and oxygen atoms in total. The van der Waals surface area contributed by atoms with Crippen LogP contribution in [-0.2, 0) is 14.8 Å². The molecule has 24 heavy (non-hydrogen) atoms. The molecule has 0 saturated carbocycles. The van der Waals surface area contributed by atoms with Gasteiger partial charge in [-0.25, -0.2) is 8.42 Å². The molecule has 136 valence electrons. The molecule has 0 heterocycles. The van der Waals surface area contributed by atoms with E-state index in [1.807, 2.05) is 19.1 Å². The fraction of sp³-hybridized carbons (Fsp3) is 0.611. The summed E-state index contributed by atoms with van der Waals surface area (Å²) in [5, 5.41) is 2.82. The Kier molecular flexibility index (Phi) is 7.27. The predicted octanol–water partition coefficient (Wildman–Crippen LogP) is 3.32. The van der Waals surface area contributed by atoms with Gasteiger partial charge in [-0.15, -0.1) is 0 Å². The van der Waals surface area contributed by atoms with Gasteiger partial charge >= 0.3 is 0 Å². The second-order valence-corrected chi connectivity index (χ2v) is 9.37. The number of hydrogen-bond donors (Lipinski definition) is 2. The Bertz CT molecular complexity index is 631. The van der Waals surface area contributed by atoms with Gasteiger partial charge in [0.2, 0.25) is 15.9 Å². The summed E-state index contributed by atoms with van der Waals surface area (Å²) in [7, 11) is -3.56. The molecule has 0 aliphatic carbocycles. The van der Waals surface area contributed by atoms with Gasteiger partial charge in [-0.2, -0.15) is 0 Å². The van der Waals surface area contributed by atoms with Crippen LogP contribution in [0.1, 0.15) is 46.1 Å². The third-order valence-electron chi connectivity index (χ3n) is 3.64. The van der Waals surface area contributed by atoms with Crippen LogP contribution in [0.4, 0.5) is 5.69 Å². The summed E-state index contributed by atoms with van der Waals surface area (Å²) in [6.45, 7) is 10.6. The van der Waals surface area contributed by atoms with E-state index in [4.69, 9.17) is 0 Å². The Morgan fingerprint density at radius 1 is 1.17 bits per heavy atom. The first kappa shape index (κ1) is 20.5. The third kappa shape index (κ3) is 8.34. The van der Waals surface area contributed by atoms with Crippen LogP contribution in [-0.4, -0.2) is 26.6 Å². The van der Waals surface area contributed by atoms with Crippen molar-refractivity contribution >= 4 is 21.6 Å². The topological polar surface area (TPSA) is 75.3 Å². The van der Waals surface area contributed by atoms with E-state index in [0.29, 0.717) is 12.2 Å². The molecule has 0 fully saturated rings. The first-order valence-corrected chi connectivity index (χ1v) is 9.99. The van der Waals surface area contributed by atoms with Crippen molar-refractivity contribution in [2.75, 3.05) is 17.0 Å². The van der Waals surface area contributed by atoms with Crippen LogP contribution >= 0.6 is 0 Å². The molecule has 1 aromatic carbocycles. The lowest BCUT2D eigenvalue weighted by atomic mass is 9.91. The molecule has 1 rings (SSSR count). The normalized spacial score (nSPS) is 13.4. The van der Waals surface area contributed by atoms with Gasteiger partial charge in [0.25, 0.3) is 0 Å². The van der Waals surface area contributed by atoms with E-state index in [1.165, 1.54) is 0 Å². The van der Waals surface area contributed by atoms with Gasteiger partial charge in [-0.1, -0.05) is 45.4 Å². The average molecular weight is 355 g/mol. The van der Waals surface area contributed by atoms with Gasteiger partial charge in [0.15, 0.2) is 0 Å². The van der Waals surface area contributed by atoms with Crippen LogP contribution in [0, 0.1) is 18.3 Å². The number of hydrogen-bond acceptors (Lipinski definition) is 3. The van der Waals surface area contributed by atoms with Crippen LogP contribution in [0.2, 0.25) is 0 Å². The number of aryl methyl sites for hydroxylation is 1. The zero-order valence-electron chi connectivity index (χ0n) is 15.3. The molecule has 1 atom stereocenters. The van der Waals surface area contributed by atoms with E-state index in [0.717, 1.165) is 18.4 Å². The number of sulfonamides is 1. The van der Waals surface area contributed by atoms with Crippen molar-refractivity contribution in [1.82, 2.24) is 5.32 Å². The SMILES string of the molecule is Cc1ccc(NS(=O)(=O)CC(C)C(=O)NCCCC(C)(C)C)cc1. The van der Waals surface area contributed by atoms with Crippen LogP contribution in [0.3, 0.4) is 0 Å². The minimum absolute atomic E-state index is 0.224. The van der Waals surface area contributed by atoms with E-state index >= 15 is 0 Å². The molecule has 0 aromatic heterocycles. The second kappa shape index (κ2) is 8.51. The molecule has 1 unspecified atom stereocenters. The fourth-order valence-corrected chi connectivity index (χ4v) is 3.64. The summed E-state index contributed by atoms with van der Waals surface area (Å²) in [5.74, 6) is -1.05. The van der Waals surface area contributed by atoms with Crippen molar-refractivity contribution in [2.24, 2.45) is 11.3 Å². The lowest BCUT2D eigenvalue weighted by Gasteiger charge is -2.18. The smallest absolute Gasteiger partial charge is 0.233 e. The maximum atomic E-state index is 12.2. The van der Waals surface area contributed by atoms with Gasteiger partial charge in [0.1, 0.15) is 0 Å². The van der Waals surface area contributed by atoms with Gasteiger partial charge in [0, 0.05) is 12.2 Å². The zero-order chi connectivity index (χ0) is 18.4. The predicted molar refractivity (Wildman–Crippen MR) is 99.5 cm³/mol. The molecule has 1 aromatic rings. The standard InChI is InChI=1S/C18H30N2O3S/c1-14-7-9-16(10-8-14)20-24(22,23)13-15(2)17(21)19-12-6-11-18(3,4)5/h7-10,15,20H,6,11-13H2,1-5H3,(H,19,21). The minimum atomic E-state index is -3.56. The molecule has 6 heteroatoms. The van der Waals surface area contributed by atoms with Crippen LogP contribution in [0.25, 0.3) is 0 Å². The maximum Gasteiger partial charge on any atom is 0.233 e. The van der Waals surface area contributed by atoms with Crippen LogP contribution in [0.15, 0.2) is 24.3 Å². The Morgan fingerprint density at radius 2 is 1.75 bits per heavy atom. The van der Waals surface area contributed by atoms with Crippen molar-refractivity contribution in [3.8, 4) is 0 Å². The number of benzene rings is 1. The lowest BCUT2D eigenvalue weighted by molar-refractivity contribution is -0.123. The van der Waals surface area contributed by atoms with Crippen LogP contribution < -0.4 is 10.0 Å². The van der Waals surface area contributed by atoms with Crippen molar-refractivity contribution < 1.29 is 13.2 Å². The number of rotatable bonds is 8. The van der Waals surface area contributed by atoms with E-state index in [2.05, 4.69) is 30.8 Å². The Hall–Kier alpha value is -1.56. The van der Waals surface area contributed by atoms with Crippen molar-refractivity contribution in [3.63, 3.8) is 0 Å². The highest BCUT2D eigenvalue weighted by Crippen LogP contribution is 2.19. The zero-order valence-corrected chi connectivity index (χ0v) is 16.2. The monoisotopic (exact) mass is 354 g/mol. The highest BCUT2D eigenvalue weighted by atomic mass is 32.2. The molecular weight excluding hydrogens is 324 g/mol. The van der Waals surface area contributed by atoms with E-state index < -0.39 is 15.9 Å². The van der Waals surface area contributed by atoms with Crippen molar-refractivity contribution in [2.45, 2.75) is 47.5 Å². The highest BCUT2D eigenvalue weighted by Gasteiger charge is 2.21. The Morgan fingerprint density at radius 3 is 2.29 bits per heavy atom. The fourth-order valence-electron chi connectivity index (χ4n) is 2.25.